The normalized spacial score (nSPS) is 13.6. The van der Waals surface area contributed by atoms with Gasteiger partial charge in [0.1, 0.15) is 12.4 Å². The minimum Gasteiger partial charge on any atom is -0.353 e. The molecule has 5 nitrogen and oxygen atoms in total. The molecule has 0 saturated heterocycles. The van der Waals surface area contributed by atoms with Gasteiger partial charge in [-0.05, 0) is 49.1 Å². The molecule has 1 aliphatic rings. The zero-order chi connectivity index (χ0) is 20.3. The lowest BCUT2D eigenvalue weighted by molar-refractivity contribution is -0.133. The molecule has 0 spiro atoms. The third-order valence-corrected chi connectivity index (χ3v) is 4.96. The Morgan fingerprint density at radius 1 is 1.21 bits per heavy atom. The van der Waals surface area contributed by atoms with Crippen molar-refractivity contribution in [2.45, 2.75) is 39.3 Å². The van der Waals surface area contributed by atoms with Crippen LogP contribution in [0.4, 0.5) is 4.39 Å². The van der Waals surface area contributed by atoms with Crippen LogP contribution in [0, 0.1) is 11.7 Å². The van der Waals surface area contributed by atoms with Crippen molar-refractivity contribution in [1.29, 1.82) is 0 Å². The van der Waals surface area contributed by atoms with Crippen LogP contribution in [0.2, 0.25) is 0 Å². The fourth-order valence-corrected chi connectivity index (χ4v) is 3.36. The van der Waals surface area contributed by atoms with Gasteiger partial charge in [0.05, 0.1) is 6.54 Å². The van der Waals surface area contributed by atoms with Crippen LogP contribution in [-0.4, -0.2) is 45.3 Å². The van der Waals surface area contributed by atoms with Gasteiger partial charge in [-0.25, -0.2) is 4.39 Å². The fraction of sp³-hybridized carbons (Fsp3) is 0.455. The standard InChI is InChI=1S/C22H28FN3O2/c1-16(2)13-25(22(28)17-6-4-7-18(23)12-17)15-21(27)26(19-9-10-19)14-20-8-5-11-24(20)3/h4-8,11-12,16,19H,9-10,13-15H2,1-3H3. The van der Waals surface area contributed by atoms with Crippen molar-refractivity contribution in [1.82, 2.24) is 14.4 Å². The second-order valence-corrected chi connectivity index (χ2v) is 7.95. The summed E-state index contributed by atoms with van der Waals surface area (Å²) in [5.41, 5.74) is 1.33. The van der Waals surface area contributed by atoms with Crippen LogP contribution in [0.5, 0.6) is 0 Å². The summed E-state index contributed by atoms with van der Waals surface area (Å²) >= 11 is 0. The van der Waals surface area contributed by atoms with Gasteiger partial charge in [0.25, 0.3) is 5.91 Å². The van der Waals surface area contributed by atoms with E-state index in [1.165, 1.54) is 18.2 Å². The van der Waals surface area contributed by atoms with Gasteiger partial charge in [-0.1, -0.05) is 19.9 Å². The lowest BCUT2D eigenvalue weighted by Crippen LogP contribution is -2.45. The topological polar surface area (TPSA) is 45.6 Å². The van der Waals surface area contributed by atoms with Crippen molar-refractivity contribution < 1.29 is 14.0 Å². The van der Waals surface area contributed by atoms with Crippen LogP contribution in [-0.2, 0) is 18.4 Å². The van der Waals surface area contributed by atoms with E-state index in [0.29, 0.717) is 13.1 Å². The molecule has 0 radical (unpaired) electrons. The van der Waals surface area contributed by atoms with Crippen LogP contribution in [0.1, 0.15) is 42.7 Å². The zero-order valence-corrected chi connectivity index (χ0v) is 16.8. The van der Waals surface area contributed by atoms with E-state index < -0.39 is 5.82 Å². The molecule has 2 aromatic rings. The van der Waals surface area contributed by atoms with Crippen LogP contribution < -0.4 is 0 Å². The zero-order valence-electron chi connectivity index (χ0n) is 16.8. The number of aryl methyl sites for hydroxylation is 1. The molecule has 150 valence electrons. The average molecular weight is 385 g/mol. The molecular weight excluding hydrogens is 357 g/mol. The highest BCUT2D eigenvalue weighted by atomic mass is 19.1. The summed E-state index contributed by atoms with van der Waals surface area (Å²) in [5, 5.41) is 0. The molecule has 1 heterocycles. The Balaban J connectivity index is 1.76. The van der Waals surface area contributed by atoms with Crippen molar-refractivity contribution in [2.75, 3.05) is 13.1 Å². The summed E-state index contributed by atoms with van der Waals surface area (Å²) in [7, 11) is 1.96. The van der Waals surface area contributed by atoms with Gasteiger partial charge in [0.15, 0.2) is 0 Å². The number of carbonyl (C=O) groups is 2. The summed E-state index contributed by atoms with van der Waals surface area (Å²) < 4.78 is 15.6. The number of rotatable bonds is 8. The molecular formula is C22H28FN3O2. The molecule has 2 amide bonds. The predicted molar refractivity (Wildman–Crippen MR) is 106 cm³/mol. The average Bonchev–Trinajstić information content (AvgIpc) is 3.40. The third kappa shape index (κ3) is 5.00. The van der Waals surface area contributed by atoms with Gasteiger partial charge in [0, 0.05) is 37.1 Å². The number of aromatic nitrogens is 1. The van der Waals surface area contributed by atoms with Gasteiger partial charge in [-0.2, -0.15) is 0 Å². The van der Waals surface area contributed by atoms with Crippen molar-refractivity contribution in [2.24, 2.45) is 13.0 Å². The molecule has 0 N–H and O–H groups in total. The molecule has 1 fully saturated rings. The lowest BCUT2D eigenvalue weighted by Gasteiger charge is -2.29. The van der Waals surface area contributed by atoms with Crippen LogP contribution in [0.3, 0.4) is 0 Å². The minimum absolute atomic E-state index is 0.00838. The van der Waals surface area contributed by atoms with Crippen molar-refractivity contribution >= 4 is 11.8 Å². The summed E-state index contributed by atoms with van der Waals surface area (Å²) in [6.45, 7) is 4.99. The van der Waals surface area contributed by atoms with Gasteiger partial charge in [-0.15, -0.1) is 0 Å². The van der Waals surface area contributed by atoms with E-state index in [2.05, 4.69) is 0 Å². The molecule has 28 heavy (non-hydrogen) atoms. The molecule has 1 aromatic carbocycles. The fourth-order valence-electron chi connectivity index (χ4n) is 3.36. The Morgan fingerprint density at radius 2 is 1.96 bits per heavy atom. The quantitative estimate of drug-likeness (QED) is 0.699. The number of amides is 2. The van der Waals surface area contributed by atoms with Crippen molar-refractivity contribution in [3.8, 4) is 0 Å². The summed E-state index contributed by atoms with van der Waals surface area (Å²) in [4.78, 5) is 29.5. The van der Waals surface area contributed by atoms with Gasteiger partial charge in [0.2, 0.25) is 5.91 Å². The summed E-state index contributed by atoms with van der Waals surface area (Å²) in [5.74, 6) is -0.622. The number of carbonyl (C=O) groups excluding carboxylic acids is 2. The second-order valence-electron chi connectivity index (χ2n) is 7.95. The largest absolute Gasteiger partial charge is 0.353 e. The van der Waals surface area contributed by atoms with Crippen molar-refractivity contribution in [3.63, 3.8) is 0 Å². The molecule has 6 heteroatoms. The van der Waals surface area contributed by atoms with Gasteiger partial charge in [-0.3, -0.25) is 9.59 Å². The highest BCUT2D eigenvalue weighted by Gasteiger charge is 2.34. The van der Waals surface area contributed by atoms with E-state index in [-0.39, 0.29) is 35.9 Å². The van der Waals surface area contributed by atoms with E-state index in [1.54, 1.807) is 11.0 Å². The van der Waals surface area contributed by atoms with E-state index >= 15 is 0 Å². The van der Waals surface area contributed by atoms with E-state index in [1.807, 2.05) is 48.7 Å². The predicted octanol–water partition coefficient (Wildman–Crippen LogP) is 3.45. The third-order valence-electron chi connectivity index (χ3n) is 4.96. The maximum absolute atomic E-state index is 13.6. The first-order chi connectivity index (χ1) is 13.3. The number of halogens is 1. The number of hydrogen-bond donors (Lipinski definition) is 0. The molecule has 1 saturated carbocycles. The Hall–Kier alpha value is -2.63. The number of nitrogens with zero attached hydrogens (tertiary/aromatic N) is 3. The summed E-state index contributed by atoms with van der Waals surface area (Å²) in [6, 6.07) is 9.85. The first-order valence-corrected chi connectivity index (χ1v) is 9.79. The Bertz CT molecular complexity index is 842. The Labute approximate surface area is 165 Å². The maximum Gasteiger partial charge on any atom is 0.254 e. The molecule has 0 bridgehead atoms. The monoisotopic (exact) mass is 385 g/mol. The highest BCUT2D eigenvalue weighted by Crippen LogP contribution is 2.28. The molecule has 0 unspecified atom stereocenters. The first kappa shape index (κ1) is 20.1. The summed E-state index contributed by atoms with van der Waals surface area (Å²) in [6.07, 6.45) is 3.96. The second kappa shape index (κ2) is 8.59. The van der Waals surface area contributed by atoms with Gasteiger partial charge >= 0.3 is 0 Å². The molecule has 1 aromatic heterocycles. The highest BCUT2D eigenvalue weighted by molar-refractivity contribution is 5.96. The molecule has 3 rings (SSSR count). The molecule has 0 aliphatic heterocycles. The SMILES string of the molecule is CC(C)CN(CC(=O)N(Cc1cccn1C)C1CC1)C(=O)c1cccc(F)c1. The Morgan fingerprint density at radius 3 is 2.54 bits per heavy atom. The van der Waals surface area contributed by atoms with Crippen molar-refractivity contribution in [3.05, 3.63) is 59.7 Å². The van der Waals surface area contributed by atoms with Crippen LogP contribution in [0.25, 0.3) is 0 Å². The lowest BCUT2D eigenvalue weighted by atomic mass is 10.1. The Kier molecular flexibility index (Phi) is 6.17. The van der Waals surface area contributed by atoms with Crippen LogP contribution >= 0.6 is 0 Å². The van der Waals surface area contributed by atoms with E-state index in [4.69, 9.17) is 0 Å². The molecule has 1 aliphatic carbocycles. The number of benzene rings is 1. The molecule has 0 atom stereocenters. The van der Waals surface area contributed by atoms with E-state index in [0.717, 1.165) is 18.5 Å². The van der Waals surface area contributed by atoms with Gasteiger partial charge < -0.3 is 14.4 Å². The first-order valence-electron chi connectivity index (χ1n) is 9.79. The van der Waals surface area contributed by atoms with Crippen LogP contribution in [0.15, 0.2) is 42.6 Å². The van der Waals surface area contributed by atoms with E-state index in [9.17, 15) is 14.0 Å². The maximum atomic E-state index is 13.6. The number of hydrogen-bond acceptors (Lipinski definition) is 2. The minimum atomic E-state index is -0.454. The smallest absolute Gasteiger partial charge is 0.254 e.